The van der Waals surface area contributed by atoms with Crippen molar-refractivity contribution in [3.8, 4) is 0 Å². The third kappa shape index (κ3) is 4.01. The van der Waals surface area contributed by atoms with Gasteiger partial charge in [0.05, 0.1) is 9.85 Å². The van der Waals surface area contributed by atoms with E-state index in [2.05, 4.69) is 5.32 Å². The molecule has 0 heterocycles. The molecule has 1 amide bonds. The van der Waals surface area contributed by atoms with Crippen molar-refractivity contribution in [2.24, 2.45) is 0 Å². The van der Waals surface area contributed by atoms with E-state index in [0.29, 0.717) is 5.56 Å². The van der Waals surface area contributed by atoms with Gasteiger partial charge < -0.3 is 5.32 Å². The third-order valence-corrected chi connectivity index (χ3v) is 3.32. The zero-order chi connectivity index (χ0) is 17.0. The van der Waals surface area contributed by atoms with Crippen LogP contribution in [0.4, 0.5) is 11.4 Å². The van der Waals surface area contributed by atoms with Crippen LogP contribution in [0, 0.1) is 20.2 Å². The molecule has 23 heavy (non-hydrogen) atoms. The van der Waals surface area contributed by atoms with Gasteiger partial charge in [0.25, 0.3) is 17.3 Å². The van der Waals surface area contributed by atoms with E-state index in [1.54, 1.807) is 0 Å². The molecule has 0 aliphatic heterocycles. The summed E-state index contributed by atoms with van der Waals surface area (Å²) in [7, 11) is 0. The molecule has 0 aliphatic rings. The van der Waals surface area contributed by atoms with Gasteiger partial charge in [0.2, 0.25) is 0 Å². The lowest BCUT2D eigenvalue weighted by Gasteiger charge is -2.06. The largest absolute Gasteiger partial charge is 0.348 e. The number of hydrogen-bond donors (Lipinski definition) is 1. The number of non-ortho nitro benzene ring substituents is 1. The van der Waals surface area contributed by atoms with Crippen molar-refractivity contribution in [2.45, 2.75) is 6.54 Å². The second kappa shape index (κ2) is 6.84. The van der Waals surface area contributed by atoms with Crippen LogP contribution in [0.2, 0.25) is 5.02 Å². The van der Waals surface area contributed by atoms with Crippen LogP contribution in [0.15, 0.2) is 42.5 Å². The maximum atomic E-state index is 12.0. The Balaban J connectivity index is 2.06. The number of amides is 1. The van der Waals surface area contributed by atoms with E-state index in [1.807, 2.05) is 0 Å². The Morgan fingerprint density at radius 2 is 1.70 bits per heavy atom. The van der Waals surface area contributed by atoms with E-state index < -0.39 is 15.8 Å². The molecule has 118 valence electrons. The number of carbonyl (C=O) groups is 1. The van der Waals surface area contributed by atoms with E-state index in [9.17, 15) is 25.0 Å². The fourth-order valence-electron chi connectivity index (χ4n) is 1.81. The summed E-state index contributed by atoms with van der Waals surface area (Å²) in [5, 5.41) is 23.9. The smallest absolute Gasteiger partial charge is 0.288 e. The molecule has 2 rings (SSSR count). The first kappa shape index (κ1) is 16.4. The summed E-state index contributed by atoms with van der Waals surface area (Å²) in [5.74, 6) is -0.511. The number of carbonyl (C=O) groups excluding carboxylic acids is 1. The van der Waals surface area contributed by atoms with Crippen molar-refractivity contribution >= 4 is 28.9 Å². The lowest BCUT2D eigenvalue weighted by Crippen LogP contribution is -2.22. The molecule has 2 aromatic rings. The van der Waals surface area contributed by atoms with Crippen LogP contribution in [0.25, 0.3) is 0 Å². The van der Waals surface area contributed by atoms with Gasteiger partial charge >= 0.3 is 0 Å². The molecule has 0 spiro atoms. The summed E-state index contributed by atoms with van der Waals surface area (Å²) < 4.78 is 0. The Labute approximate surface area is 135 Å². The summed E-state index contributed by atoms with van der Waals surface area (Å²) in [6, 6.07) is 9.43. The Bertz CT molecular complexity index is 776. The highest BCUT2D eigenvalue weighted by atomic mass is 35.5. The Kier molecular flexibility index (Phi) is 4.87. The standard InChI is InChI=1S/C14H10ClN3O5/c15-12-6-3-10(7-13(12)18(22)23)14(19)16-8-9-1-4-11(5-2-9)17(20)21/h1-7H,8H2,(H,16,19). The van der Waals surface area contributed by atoms with Crippen LogP contribution in [0.1, 0.15) is 15.9 Å². The van der Waals surface area contributed by atoms with Gasteiger partial charge in [0.15, 0.2) is 0 Å². The molecular weight excluding hydrogens is 326 g/mol. The minimum absolute atomic E-state index is 0.0478. The average molecular weight is 336 g/mol. The van der Waals surface area contributed by atoms with E-state index in [1.165, 1.54) is 36.4 Å². The number of nitro benzene ring substituents is 2. The van der Waals surface area contributed by atoms with Crippen LogP contribution in [0.3, 0.4) is 0 Å². The fourth-order valence-corrected chi connectivity index (χ4v) is 2.00. The number of rotatable bonds is 5. The molecule has 0 saturated heterocycles. The lowest BCUT2D eigenvalue weighted by molar-refractivity contribution is -0.385. The van der Waals surface area contributed by atoms with Gasteiger partial charge in [-0.3, -0.25) is 25.0 Å². The van der Waals surface area contributed by atoms with E-state index in [-0.39, 0.29) is 28.5 Å². The van der Waals surface area contributed by atoms with Crippen LogP contribution >= 0.6 is 11.6 Å². The topological polar surface area (TPSA) is 115 Å². The fraction of sp³-hybridized carbons (Fsp3) is 0.0714. The highest BCUT2D eigenvalue weighted by Gasteiger charge is 2.16. The van der Waals surface area contributed by atoms with Gasteiger partial charge in [-0.25, -0.2) is 0 Å². The van der Waals surface area contributed by atoms with Crippen molar-refractivity contribution in [1.29, 1.82) is 0 Å². The molecule has 8 nitrogen and oxygen atoms in total. The lowest BCUT2D eigenvalue weighted by atomic mass is 10.1. The second-order valence-electron chi connectivity index (χ2n) is 4.53. The quantitative estimate of drug-likeness (QED) is 0.665. The van der Waals surface area contributed by atoms with Gasteiger partial charge in [0, 0.05) is 30.3 Å². The molecule has 0 fully saturated rings. The van der Waals surface area contributed by atoms with Crippen LogP contribution in [0.5, 0.6) is 0 Å². The monoisotopic (exact) mass is 335 g/mol. The molecule has 9 heteroatoms. The number of halogens is 1. The third-order valence-electron chi connectivity index (χ3n) is 3.01. The van der Waals surface area contributed by atoms with Crippen LogP contribution in [-0.2, 0) is 6.54 Å². The Morgan fingerprint density at radius 3 is 2.26 bits per heavy atom. The maximum absolute atomic E-state index is 12.0. The number of nitrogens with one attached hydrogen (secondary N) is 1. The van der Waals surface area contributed by atoms with Crippen molar-refractivity contribution in [2.75, 3.05) is 0 Å². The predicted octanol–water partition coefficient (Wildman–Crippen LogP) is 3.09. The van der Waals surface area contributed by atoms with Crippen LogP contribution < -0.4 is 5.32 Å². The second-order valence-corrected chi connectivity index (χ2v) is 4.94. The molecule has 0 unspecified atom stereocenters. The van der Waals surface area contributed by atoms with Crippen LogP contribution in [-0.4, -0.2) is 15.8 Å². The summed E-state index contributed by atoms with van der Waals surface area (Å²) in [4.78, 5) is 32.1. The van der Waals surface area contributed by atoms with Gasteiger partial charge in [-0.2, -0.15) is 0 Å². The Morgan fingerprint density at radius 1 is 1.04 bits per heavy atom. The molecule has 0 atom stereocenters. The first-order chi connectivity index (χ1) is 10.9. The molecule has 0 radical (unpaired) electrons. The number of benzene rings is 2. The van der Waals surface area contributed by atoms with Gasteiger partial charge in [-0.15, -0.1) is 0 Å². The first-order valence-electron chi connectivity index (χ1n) is 6.34. The predicted molar refractivity (Wildman–Crippen MR) is 82.4 cm³/mol. The highest BCUT2D eigenvalue weighted by Crippen LogP contribution is 2.25. The molecule has 1 N–H and O–H groups in total. The van der Waals surface area contributed by atoms with Gasteiger partial charge in [0.1, 0.15) is 5.02 Å². The minimum Gasteiger partial charge on any atom is -0.348 e. The molecule has 0 bridgehead atoms. The zero-order valence-corrected chi connectivity index (χ0v) is 12.3. The van der Waals surface area contributed by atoms with Gasteiger partial charge in [-0.05, 0) is 17.7 Å². The first-order valence-corrected chi connectivity index (χ1v) is 6.72. The normalized spacial score (nSPS) is 10.1. The van der Waals surface area contributed by atoms with Crippen molar-refractivity contribution in [1.82, 2.24) is 5.32 Å². The zero-order valence-electron chi connectivity index (χ0n) is 11.6. The van der Waals surface area contributed by atoms with Crippen molar-refractivity contribution in [3.63, 3.8) is 0 Å². The summed E-state index contributed by atoms with van der Waals surface area (Å²) in [6.45, 7) is 0.132. The average Bonchev–Trinajstić information content (AvgIpc) is 2.53. The number of hydrogen-bond acceptors (Lipinski definition) is 5. The molecule has 0 aliphatic carbocycles. The summed E-state index contributed by atoms with van der Waals surface area (Å²) in [5.41, 5.74) is 0.360. The van der Waals surface area contributed by atoms with E-state index in [4.69, 9.17) is 11.6 Å². The number of nitrogens with zero attached hydrogens (tertiary/aromatic N) is 2. The van der Waals surface area contributed by atoms with Crippen molar-refractivity contribution < 1.29 is 14.6 Å². The Hall–Kier alpha value is -3.00. The molecule has 0 aromatic heterocycles. The summed E-state index contributed by atoms with van der Waals surface area (Å²) in [6.07, 6.45) is 0. The molecular formula is C14H10ClN3O5. The van der Waals surface area contributed by atoms with Crippen molar-refractivity contribution in [3.05, 3.63) is 78.8 Å². The summed E-state index contributed by atoms with van der Waals surface area (Å²) >= 11 is 5.68. The minimum atomic E-state index is -0.671. The number of nitro groups is 2. The SMILES string of the molecule is O=C(NCc1ccc([N+](=O)[O-])cc1)c1ccc(Cl)c([N+](=O)[O-])c1. The molecule has 2 aromatic carbocycles. The van der Waals surface area contributed by atoms with E-state index in [0.717, 1.165) is 6.07 Å². The molecule has 0 saturated carbocycles. The van der Waals surface area contributed by atoms with E-state index >= 15 is 0 Å². The maximum Gasteiger partial charge on any atom is 0.288 e. The van der Waals surface area contributed by atoms with Gasteiger partial charge in [-0.1, -0.05) is 23.7 Å². The highest BCUT2D eigenvalue weighted by molar-refractivity contribution is 6.32.